The summed E-state index contributed by atoms with van der Waals surface area (Å²) >= 11 is 0. The number of carboxylic acids is 1. The Balaban J connectivity index is 4.24. The van der Waals surface area contributed by atoms with E-state index in [0.29, 0.717) is 0 Å². The van der Waals surface area contributed by atoms with Crippen molar-refractivity contribution in [2.24, 2.45) is 5.92 Å². The summed E-state index contributed by atoms with van der Waals surface area (Å²) in [6.45, 7) is 2.42. The minimum atomic E-state index is -3.30. The predicted molar refractivity (Wildman–Crippen MR) is 42.4 cm³/mol. The molecular formula is C6H11O5P. The van der Waals surface area contributed by atoms with Gasteiger partial charge in [-0.1, -0.05) is 6.92 Å². The molecule has 2 atom stereocenters. The molecule has 2 N–H and O–H groups in total. The summed E-state index contributed by atoms with van der Waals surface area (Å²) in [5, 5.41) is 8.23. The summed E-state index contributed by atoms with van der Waals surface area (Å²) < 4.78 is 10.8. The Morgan fingerprint density at radius 2 is 1.92 bits per heavy atom. The van der Waals surface area contributed by atoms with Crippen LogP contribution in [0, 0.1) is 5.92 Å². The molecule has 5 nitrogen and oxygen atoms in total. The van der Waals surface area contributed by atoms with Gasteiger partial charge in [0.1, 0.15) is 0 Å². The van der Waals surface area contributed by atoms with Crippen molar-refractivity contribution < 1.29 is 24.2 Å². The quantitative estimate of drug-likeness (QED) is 0.491. The Morgan fingerprint density at radius 1 is 1.50 bits per heavy atom. The first-order chi connectivity index (χ1) is 5.24. The number of hydrogen-bond donors (Lipinski definition) is 2. The molecule has 2 unspecified atom stereocenters. The number of rotatable bonds is 4. The zero-order valence-corrected chi connectivity index (χ0v) is 7.75. The van der Waals surface area contributed by atoms with Crippen LogP contribution in [0.2, 0.25) is 0 Å². The Morgan fingerprint density at radius 3 is 2.17 bits per heavy atom. The van der Waals surface area contributed by atoms with E-state index in [-0.39, 0.29) is 6.16 Å². The topological polar surface area (TPSA) is 91.7 Å². The number of carboxylic acid groups (broad SMARTS) is 1. The number of hydrogen-bond acceptors (Lipinski definition) is 3. The lowest BCUT2D eigenvalue weighted by molar-refractivity contribution is -0.150. The summed E-state index contributed by atoms with van der Waals surface area (Å²) in [6, 6.07) is 0. The molecule has 0 bridgehead atoms. The zero-order chi connectivity index (χ0) is 9.94. The normalized spacial score (nSPS) is 17.9. The van der Waals surface area contributed by atoms with Crippen LogP contribution in [0.25, 0.3) is 0 Å². The molecule has 0 aromatic heterocycles. The molecule has 70 valence electrons. The summed E-state index contributed by atoms with van der Waals surface area (Å²) in [5.74, 6) is -3.48. The smallest absolute Gasteiger partial charge is 0.372 e. The Kier molecular flexibility index (Phi) is 3.61. The fourth-order valence-corrected chi connectivity index (χ4v) is 1.98. The molecular weight excluding hydrogens is 183 g/mol. The first-order valence-electron chi connectivity index (χ1n) is 3.30. The van der Waals surface area contributed by atoms with E-state index in [1.54, 1.807) is 0 Å². The highest BCUT2D eigenvalue weighted by molar-refractivity contribution is 7.57. The third-order valence-corrected chi connectivity index (χ3v) is 2.50. The summed E-state index contributed by atoms with van der Waals surface area (Å²) in [4.78, 5) is 29.6. The number of aliphatic carboxylic acids is 1. The lowest BCUT2D eigenvalue weighted by Crippen LogP contribution is -2.23. The molecule has 0 aliphatic rings. The molecule has 0 amide bonds. The van der Waals surface area contributed by atoms with Crippen molar-refractivity contribution in [1.29, 1.82) is 0 Å². The second-order valence-corrected chi connectivity index (χ2v) is 5.27. The van der Waals surface area contributed by atoms with Gasteiger partial charge >= 0.3 is 5.97 Å². The standard InChI is InChI=1S/C6H11O5P/c1-4(3-12(2,10)11)5(7)6(8)9/h4H,3H2,1-2H3,(H,8,9)(H,10,11). The van der Waals surface area contributed by atoms with Crippen LogP contribution in [0.1, 0.15) is 6.92 Å². The summed E-state index contributed by atoms with van der Waals surface area (Å²) in [6.07, 6.45) is -0.280. The lowest BCUT2D eigenvalue weighted by Gasteiger charge is -2.09. The van der Waals surface area contributed by atoms with Crippen molar-refractivity contribution in [3.05, 3.63) is 0 Å². The van der Waals surface area contributed by atoms with Crippen LogP contribution in [0.3, 0.4) is 0 Å². The van der Waals surface area contributed by atoms with E-state index in [9.17, 15) is 14.2 Å². The van der Waals surface area contributed by atoms with E-state index < -0.39 is 25.0 Å². The van der Waals surface area contributed by atoms with E-state index in [1.807, 2.05) is 0 Å². The first kappa shape index (κ1) is 11.3. The van der Waals surface area contributed by atoms with Gasteiger partial charge in [0.25, 0.3) is 0 Å². The fraction of sp³-hybridized carbons (Fsp3) is 0.667. The van der Waals surface area contributed by atoms with Gasteiger partial charge in [-0.25, -0.2) is 4.79 Å². The van der Waals surface area contributed by atoms with Crippen LogP contribution in [-0.4, -0.2) is 34.6 Å². The molecule has 0 saturated heterocycles. The van der Waals surface area contributed by atoms with Crippen molar-refractivity contribution in [3.8, 4) is 0 Å². The first-order valence-corrected chi connectivity index (χ1v) is 5.59. The van der Waals surface area contributed by atoms with Gasteiger partial charge in [0.05, 0.1) is 0 Å². The van der Waals surface area contributed by atoms with Crippen LogP contribution in [0.15, 0.2) is 0 Å². The van der Waals surface area contributed by atoms with Gasteiger partial charge < -0.3 is 10.00 Å². The third kappa shape index (κ3) is 4.26. The van der Waals surface area contributed by atoms with Crippen molar-refractivity contribution in [2.45, 2.75) is 6.92 Å². The SMILES string of the molecule is CC(CP(C)(=O)O)C(=O)C(=O)O. The van der Waals surface area contributed by atoms with Crippen molar-refractivity contribution in [1.82, 2.24) is 0 Å². The Labute approximate surface area is 69.9 Å². The molecule has 0 rings (SSSR count). The molecule has 0 fully saturated rings. The molecule has 0 aliphatic heterocycles. The predicted octanol–water partition coefficient (Wildman–Crippen LogP) is 0.176. The van der Waals surface area contributed by atoms with Gasteiger partial charge in [-0.15, -0.1) is 0 Å². The summed E-state index contributed by atoms with van der Waals surface area (Å²) in [7, 11) is -3.30. The van der Waals surface area contributed by atoms with Gasteiger partial charge in [0.2, 0.25) is 5.78 Å². The van der Waals surface area contributed by atoms with Crippen molar-refractivity contribution >= 4 is 19.1 Å². The average molecular weight is 194 g/mol. The highest BCUT2D eigenvalue weighted by Crippen LogP contribution is 2.37. The molecule has 0 aliphatic carbocycles. The van der Waals surface area contributed by atoms with Gasteiger partial charge in [-0.2, -0.15) is 0 Å². The van der Waals surface area contributed by atoms with E-state index >= 15 is 0 Å². The molecule has 0 radical (unpaired) electrons. The Bertz CT molecular complexity index is 240. The third-order valence-electron chi connectivity index (χ3n) is 1.27. The van der Waals surface area contributed by atoms with Crippen LogP contribution in [-0.2, 0) is 14.2 Å². The van der Waals surface area contributed by atoms with Gasteiger partial charge in [-0.05, 0) is 0 Å². The summed E-state index contributed by atoms with van der Waals surface area (Å²) in [5.41, 5.74) is 0. The van der Waals surface area contributed by atoms with E-state index in [1.165, 1.54) is 6.92 Å². The lowest BCUT2D eigenvalue weighted by atomic mass is 10.1. The monoisotopic (exact) mass is 194 g/mol. The zero-order valence-electron chi connectivity index (χ0n) is 6.85. The molecule has 0 saturated carbocycles. The van der Waals surface area contributed by atoms with Gasteiger partial charge in [0.15, 0.2) is 7.37 Å². The number of Topliss-reactive ketones (excluding diaryl/α,β-unsaturated/α-hetero) is 1. The molecule has 12 heavy (non-hydrogen) atoms. The minimum absolute atomic E-state index is 0.280. The molecule has 0 spiro atoms. The van der Waals surface area contributed by atoms with Crippen LogP contribution < -0.4 is 0 Å². The molecule has 0 aromatic rings. The second kappa shape index (κ2) is 3.83. The van der Waals surface area contributed by atoms with E-state index in [4.69, 9.17) is 10.00 Å². The van der Waals surface area contributed by atoms with Crippen LogP contribution in [0.4, 0.5) is 0 Å². The van der Waals surface area contributed by atoms with Crippen molar-refractivity contribution in [2.75, 3.05) is 12.8 Å². The maximum Gasteiger partial charge on any atom is 0.372 e. The highest BCUT2D eigenvalue weighted by atomic mass is 31.2. The van der Waals surface area contributed by atoms with Gasteiger partial charge in [-0.3, -0.25) is 9.36 Å². The maximum absolute atomic E-state index is 10.8. The average Bonchev–Trinajstić information content (AvgIpc) is 1.82. The number of carbonyl (C=O) groups excluding carboxylic acids is 1. The largest absolute Gasteiger partial charge is 0.475 e. The van der Waals surface area contributed by atoms with Gasteiger partial charge in [0, 0.05) is 18.7 Å². The minimum Gasteiger partial charge on any atom is -0.475 e. The highest BCUT2D eigenvalue weighted by Gasteiger charge is 2.25. The molecule has 6 heteroatoms. The number of carbonyl (C=O) groups is 2. The maximum atomic E-state index is 10.8. The number of ketones is 1. The van der Waals surface area contributed by atoms with Crippen molar-refractivity contribution in [3.63, 3.8) is 0 Å². The Hall–Kier alpha value is -0.670. The van der Waals surface area contributed by atoms with E-state index in [0.717, 1.165) is 6.66 Å². The molecule has 0 aromatic carbocycles. The van der Waals surface area contributed by atoms with Crippen LogP contribution in [0.5, 0.6) is 0 Å². The second-order valence-electron chi connectivity index (χ2n) is 2.80. The van der Waals surface area contributed by atoms with E-state index in [2.05, 4.69) is 0 Å². The molecule has 0 heterocycles. The van der Waals surface area contributed by atoms with Crippen LogP contribution >= 0.6 is 7.37 Å². The fourth-order valence-electron chi connectivity index (χ4n) is 0.802.